The molecule has 1 aromatic rings. The Morgan fingerprint density at radius 1 is 1.25 bits per heavy atom. The summed E-state index contributed by atoms with van der Waals surface area (Å²) in [4.78, 5) is 12.6. The maximum absolute atomic E-state index is 11.3. The second-order valence-corrected chi connectivity index (χ2v) is 4.94. The SMILES string of the molecule is CCCC(=O)NCc1ccc(SCC)cc1. The van der Waals surface area contributed by atoms with Crippen LogP contribution in [0, 0.1) is 0 Å². The lowest BCUT2D eigenvalue weighted by molar-refractivity contribution is -0.121. The van der Waals surface area contributed by atoms with Crippen molar-refractivity contribution in [3.8, 4) is 0 Å². The Bertz CT molecular complexity index is 321. The largest absolute Gasteiger partial charge is 0.352 e. The number of nitrogens with one attached hydrogen (secondary N) is 1. The maximum Gasteiger partial charge on any atom is 0.220 e. The number of hydrogen-bond acceptors (Lipinski definition) is 2. The Morgan fingerprint density at radius 3 is 2.50 bits per heavy atom. The fourth-order valence-corrected chi connectivity index (χ4v) is 2.05. The van der Waals surface area contributed by atoms with Gasteiger partial charge >= 0.3 is 0 Å². The molecule has 0 bridgehead atoms. The fraction of sp³-hybridized carbons (Fsp3) is 0.462. The Hall–Kier alpha value is -0.960. The highest BCUT2D eigenvalue weighted by molar-refractivity contribution is 7.99. The van der Waals surface area contributed by atoms with E-state index in [1.165, 1.54) is 4.90 Å². The molecule has 0 heterocycles. The van der Waals surface area contributed by atoms with Crippen LogP contribution in [0.4, 0.5) is 0 Å². The molecule has 16 heavy (non-hydrogen) atoms. The molecule has 0 saturated carbocycles. The number of amides is 1. The van der Waals surface area contributed by atoms with Crippen LogP contribution in [0.15, 0.2) is 29.2 Å². The standard InChI is InChI=1S/C13H19NOS/c1-3-5-13(15)14-10-11-6-8-12(9-7-11)16-4-2/h6-9H,3-5,10H2,1-2H3,(H,14,15). The molecule has 0 unspecified atom stereocenters. The molecule has 2 nitrogen and oxygen atoms in total. The van der Waals surface area contributed by atoms with Crippen molar-refractivity contribution in [2.24, 2.45) is 0 Å². The summed E-state index contributed by atoms with van der Waals surface area (Å²) in [6, 6.07) is 8.36. The van der Waals surface area contributed by atoms with Gasteiger partial charge in [0.15, 0.2) is 0 Å². The number of thioether (sulfide) groups is 1. The maximum atomic E-state index is 11.3. The predicted molar refractivity (Wildman–Crippen MR) is 69.6 cm³/mol. The van der Waals surface area contributed by atoms with Crippen LogP contribution in [-0.2, 0) is 11.3 Å². The first-order chi connectivity index (χ1) is 7.76. The number of carbonyl (C=O) groups excluding carboxylic acids is 1. The molecule has 0 fully saturated rings. The normalized spacial score (nSPS) is 10.1. The van der Waals surface area contributed by atoms with E-state index >= 15 is 0 Å². The van der Waals surface area contributed by atoms with E-state index in [-0.39, 0.29) is 5.91 Å². The average molecular weight is 237 g/mol. The summed E-state index contributed by atoms with van der Waals surface area (Å²) in [5.41, 5.74) is 1.16. The van der Waals surface area contributed by atoms with E-state index in [0.29, 0.717) is 13.0 Å². The minimum atomic E-state index is 0.134. The predicted octanol–water partition coefficient (Wildman–Crippen LogP) is 3.21. The molecule has 1 amide bonds. The summed E-state index contributed by atoms with van der Waals surface area (Å²) in [6.45, 7) is 4.79. The van der Waals surface area contributed by atoms with Crippen molar-refractivity contribution in [3.63, 3.8) is 0 Å². The molecule has 0 saturated heterocycles. The van der Waals surface area contributed by atoms with Crippen LogP contribution in [0.25, 0.3) is 0 Å². The van der Waals surface area contributed by atoms with Crippen molar-refractivity contribution in [2.45, 2.75) is 38.1 Å². The highest BCUT2D eigenvalue weighted by atomic mass is 32.2. The molecule has 0 aliphatic heterocycles. The van der Waals surface area contributed by atoms with E-state index in [4.69, 9.17) is 0 Å². The molecule has 0 aliphatic carbocycles. The van der Waals surface area contributed by atoms with E-state index in [1.807, 2.05) is 18.7 Å². The zero-order valence-electron chi connectivity index (χ0n) is 9.95. The molecular formula is C13H19NOS. The lowest BCUT2D eigenvalue weighted by atomic mass is 10.2. The monoisotopic (exact) mass is 237 g/mol. The highest BCUT2D eigenvalue weighted by Gasteiger charge is 1.99. The molecule has 88 valence electrons. The van der Waals surface area contributed by atoms with E-state index in [0.717, 1.165) is 17.7 Å². The van der Waals surface area contributed by atoms with Crippen LogP contribution in [-0.4, -0.2) is 11.7 Å². The highest BCUT2D eigenvalue weighted by Crippen LogP contribution is 2.17. The first-order valence-corrected chi connectivity index (χ1v) is 6.73. The summed E-state index contributed by atoms with van der Waals surface area (Å²) in [5.74, 6) is 1.22. The lowest BCUT2D eigenvalue weighted by Gasteiger charge is -2.05. The first kappa shape index (κ1) is 13.1. The molecule has 1 N–H and O–H groups in total. The molecule has 0 atom stereocenters. The van der Waals surface area contributed by atoms with Crippen LogP contribution < -0.4 is 5.32 Å². The van der Waals surface area contributed by atoms with Gasteiger partial charge in [-0.1, -0.05) is 26.0 Å². The van der Waals surface area contributed by atoms with E-state index in [2.05, 4.69) is 36.5 Å². The van der Waals surface area contributed by atoms with Crippen LogP contribution in [0.1, 0.15) is 32.3 Å². The van der Waals surface area contributed by atoms with Gasteiger partial charge in [-0.25, -0.2) is 0 Å². The van der Waals surface area contributed by atoms with Gasteiger partial charge in [0.2, 0.25) is 5.91 Å². The van der Waals surface area contributed by atoms with Crippen molar-refractivity contribution in [3.05, 3.63) is 29.8 Å². The third-order valence-electron chi connectivity index (χ3n) is 2.20. The first-order valence-electron chi connectivity index (χ1n) is 5.74. The van der Waals surface area contributed by atoms with Gasteiger partial charge in [-0.3, -0.25) is 4.79 Å². The number of benzene rings is 1. The molecule has 0 radical (unpaired) electrons. The van der Waals surface area contributed by atoms with Gasteiger partial charge in [0, 0.05) is 17.9 Å². The summed E-state index contributed by atoms with van der Waals surface area (Å²) >= 11 is 1.83. The Morgan fingerprint density at radius 2 is 1.94 bits per heavy atom. The zero-order chi connectivity index (χ0) is 11.8. The topological polar surface area (TPSA) is 29.1 Å². The summed E-state index contributed by atoms with van der Waals surface area (Å²) in [5, 5.41) is 2.91. The van der Waals surface area contributed by atoms with Crippen molar-refractivity contribution in [1.82, 2.24) is 5.32 Å². The zero-order valence-corrected chi connectivity index (χ0v) is 10.8. The summed E-state index contributed by atoms with van der Waals surface area (Å²) in [7, 11) is 0. The van der Waals surface area contributed by atoms with Gasteiger partial charge in [-0.15, -0.1) is 11.8 Å². The van der Waals surface area contributed by atoms with Crippen molar-refractivity contribution in [2.75, 3.05) is 5.75 Å². The molecular weight excluding hydrogens is 218 g/mol. The van der Waals surface area contributed by atoms with E-state index < -0.39 is 0 Å². The summed E-state index contributed by atoms with van der Waals surface area (Å²) < 4.78 is 0. The second-order valence-electron chi connectivity index (χ2n) is 3.60. The van der Waals surface area contributed by atoms with Gasteiger partial charge in [0.05, 0.1) is 0 Å². The van der Waals surface area contributed by atoms with E-state index in [9.17, 15) is 4.79 Å². The molecule has 0 aliphatic rings. The smallest absolute Gasteiger partial charge is 0.220 e. The van der Waals surface area contributed by atoms with Gasteiger partial charge in [-0.2, -0.15) is 0 Å². The molecule has 3 heteroatoms. The van der Waals surface area contributed by atoms with Crippen LogP contribution in [0.5, 0.6) is 0 Å². The second kappa shape index (κ2) is 7.34. The number of carbonyl (C=O) groups is 1. The van der Waals surface area contributed by atoms with Crippen LogP contribution >= 0.6 is 11.8 Å². The number of hydrogen-bond donors (Lipinski definition) is 1. The third-order valence-corrected chi connectivity index (χ3v) is 3.10. The summed E-state index contributed by atoms with van der Waals surface area (Å²) in [6.07, 6.45) is 1.52. The molecule has 1 rings (SSSR count). The Kier molecular flexibility index (Phi) is 6.01. The quantitative estimate of drug-likeness (QED) is 0.770. The van der Waals surface area contributed by atoms with Crippen molar-refractivity contribution < 1.29 is 4.79 Å². The molecule has 0 aromatic heterocycles. The Labute approximate surface area is 102 Å². The van der Waals surface area contributed by atoms with Gasteiger partial charge < -0.3 is 5.32 Å². The van der Waals surface area contributed by atoms with E-state index in [1.54, 1.807) is 0 Å². The van der Waals surface area contributed by atoms with Crippen molar-refractivity contribution >= 4 is 17.7 Å². The van der Waals surface area contributed by atoms with Crippen molar-refractivity contribution in [1.29, 1.82) is 0 Å². The minimum absolute atomic E-state index is 0.134. The number of rotatable bonds is 6. The third kappa shape index (κ3) is 4.71. The average Bonchev–Trinajstić information content (AvgIpc) is 2.29. The molecule has 1 aromatic carbocycles. The minimum Gasteiger partial charge on any atom is -0.352 e. The van der Waals surface area contributed by atoms with Crippen LogP contribution in [0.3, 0.4) is 0 Å². The van der Waals surface area contributed by atoms with Gasteiger partial charge in [0.25, 0.3) is 0 Å². The molecule has 0 spiro atoms. The fourth-order valence-electron chi connectivity index (χ4n) is 1.39. The lowest BCUT2D eigenvalue weighted by Crippen LogP contribution is -2.21. The van der Waals surface area contributed by atoms with Crippen LogP contribution in [0.2, 0.25) is 0 Å². The Balaban J connectivity index is 2.40. The van der Waals surface area contributed by atoms with Gasteiger partial charge in [-0.05, 0) is 29.9 Å². The van der Waals surface area contributed by atoms with Gasteiger partial charge in [0.1, 0.15) is 0 Å².